The smallest absolute Gasteiger partial charge is 0.119 e. The lowest BCUT2D eigenvalue weighted by atomic mass is 10.2. The topological polar surface area (TPSA) is 9.23 Å². The van der Waals surface area contributed by atoms with E-state index in [1.54, 1.807) is 11.3 Å². The third-order valence-corrected chi connectivity index (χ3v) is 2.99. The molecule has 0 atom stereocenters. The van der Waals surface area contributed by atoms with Crippen LogP contribution in [-0.2, 0) is 6.42 Å². The Morgan fingerprint density at radius 3 is 2.60 bits per heavy atom. The first kappa shape index (κ1) is 10.2. The van der Waals surface area contributed by atoms with Gasteiger partial charge in [0.25, 0.3) is 0 Å². The quantitative estimate of drug-likeness (QED) is 0.760. The molecule has 0 aliphatic heterocycles. The average molecular weight is 218 g/mol. The second-order valence-corrected chi connectivity index (χ2v) is 4.32. The molecule has 0 unspecified atom stereocenters. The second kappa shape index (κ2) is 4.99. The number of aryl methyl sites for hydroxylation is 1. The van der Waals surface area contributed by atoms with E-state index in [2.05, 4.69) is 35.9 Å². The lowest BCUT2D eigenvalue weighted by molar-refractivity contribution is 0.322. The van der Waals surface area contributed by atoms with Crippen molar-refractivity contribution in [2.24, 2.45) is 0 Å². The first-order chi connectivity index (χ1) is 7.34. The Morgan fingerprint density at radius 1 is 1.13 bits per heavy atom. The minimum absolute atomic E-state index is 0.750. The summed E-state index contributed by atoms with van der Waals surface area (Å²) in [6.07, 6.45) is 0.984. The molecular formula is C13H14OS. The second-order valence-electron chi connectivity index (χ2n) is 3.54. The number of hydrogen-bond donors (Lipinski definition) is 0. The van der Waals surface area contributed by atoms with Crippen molar-refractivity contribution in [3.63, 3.8) is 0 Å². The van der Waals surface area contributed by atoms with Crippen LogP contribution in [0.2, 0.25) is 0 Å². The van der Waals surface area contributed by atoms with Crippen LogP contribution in [-0.4, -0.2) is 6.61 Å². The van der Waals surface area contributed by atoms with Gasteiger partial charge in [-0.05, 0) is 41.4 Å². The highest BCUT2D eigenvalue weighted by molar-refractivity contribution is 7.07. The molecule has 1 aromatic heterocycles. The lowest BCUT2D eigenvalue weighted by Crippen LogP contribution is -2.00. The molecule has 0 saturated carbocycles. The van der Waals surface area contributed by atoms with Crippen LogP contribution in [0.4, 0.5) is 0 Å². The van der Waals surface area contributed by atoms with Gasteiger partial charge in [-0.3, -0.25) is 0 Å². The number of ether oxygens (including phenoxy) is 1. The molecule has 1 heterocycles. The zero-order valence-electron chi connectivity index (χ0n) is 8.77. The molecule has 0 N–H and O–H groups in total. The first-order valence-corrected chi connectivity index (χ1v) is 5.99. The van der Waals surface area contributed by atoms with Gasteiger partial charge >= 0.3 is 0 Å². The maximum atomic E-state index is 5.64. The van der Waals surface area contributed by atoms with Gasteiger partial charge in [0, 0.05) is 6.42 Å². The zero-order valence-corrected chi connectivity index (χ0v) is 9.59. The van der Waals surface area contributed by atoms with E-state index in [9.17, 15) is 0 Å². The van der Waals surface area contributed by atoms with Gasteiger partial charge in [-0.15, -0.1) is 0 Å². The van der Waals surface area contributed by atoms with Crippen molar-refractivity contribution in [3.05, 3.63) is 52.2 Å². The van der Waals surface area contributed by atoms with Crippen molar-refractivity contribution < 1.29 is 4.74 Å². The summed E-state index contributed by atoms with van der Waals surface area (Å²) >= 11 is 1.73. The molecule has 0 spiro atoms. The summed E-state index contributed by atoms with van der Waals surface area (Å²) in [5.74, 6) is 0.954. The standard InChI is InChI=1S/C13H14OS/c1-11-2-4-13(5-3-11)14-8-6-12-7-9-15-10-12/h2-5,7,9-10H,6,8H2,1H3. The Kier molecular flexibility index (Phi) is 3.41. The highest BCUT2D eigenvalue weighted by Gasteiger charge is 1.95. The highest BCUT2D eigenvalue weighted by atomic mass is 32.1. The normalized spacial score (nSPS) is 10.2. The summed E-state index contributed by atoms with van der Waals surface area (Å²) in [6.45, 7) is 2.83. The molecule has 2 rings (SSSR count). The van der Waals surface area contributed by atoms with Crippen molar-refractivity contribution in [1.82, 2.24) is 0 Å². The van der Waals surface area contributed by atoms with Gasteiger partial charge in [-0.1, -0.05) is 17.7 Å². The molecule has 0 aliphatic carbocycles. The van der Waals surface area contributed by atoms with Gasteiger partial charge < -0.3 is 4.74 Å². The highest BCUT2D eigenvalue weighted by Crippen LogP contribution is 2.12. The van der Waals surface area contributed by atoms with Gasteiger partial charge in [0.2, 0.25) is 0 Å². The Hall–Kier alpha value is -1.28. The third kappa shape index (κ3) is 3.10. The maximum absolute atomic E-state index is 5.64. The fourth-order valence-electron chi connectivity index (χ4n) is 1.36. The van der Waals surface area contributed by atoms with Crippen molar-refractivity contribution in [2.45, 2.75) is 13.3 Å². The van der Waals surface area contributed by atoms with E-state index in [0.717, 1.165) is 18.8 Å². The van der Waals surface area contributed by atoms with Crippen LogP contribution in [0.1, 0.15) is 11.1 Å². The van der Waals surface area contributed by atoms with Gasteiger partial charge in [0.15, 0.2) is 0 Å². The van der Waals surface area contributed by atoms with Crippen molar-refractivity contribution >= 4 is 11.3 Å². The van der Waals surface area contributed by atoms with Crippen LogP contribution < -0.4 is 4.74 Å². The molecule has 2 aromatic rings. The van der Waals surface area contributed by atoms with Gasteiger partial charge in [0.05, 0.1) is 6.61 Å². The van der Waals surface area contributed by atoms with Crippen LogP contribution >= 0.6 is 11.3 Å². The van der Waals surface area contributed by atoms with E-state index in [0.29, 0.717) is 0 Å². The van der Waals surface area contributed by atoms with Crippen LogP contribution in [0.5, 0.6) is 5.75 Å². The van der Waals surface area contributed by atoms with E-state index >= 15 is 0 Å². The summed E-state index contributed by atoms with van der Waals surface area (Å²) in [6, 6.07) is 10.3. The molecule has 1 aromatic carbocycles. The molecule has 78 valence electrons. The zero-order chi connectivity index (χ0) is 10.5. The van der Waals surface area contributed by atoms with Crippen molar-refractivity contribution in [2.75, 3.05) is 6.61 Å². The lowest BCUT2D eigenvalue weighted by Gasteiger charge is -2.05. The van der Waals surface area contributed by atoms with E-state index in [1.807, 2.05) is 12.1 Å². The summed E-state index contributed by atoms with van der Waals surface area (Å²) < 4.78 is 5.64. The number of rotatable bonds is 4. The summed E-state index contributed by atoms with van der Waals surface area (Å²) in [5.41, 5.74) is 2.62. The summed E-state index contributed by atoms with van der Waals surface area (Å²) in [4.78, 5) is 0. The van der Waals surface area contributed by atoms with Crippen molar-refractivity contribution in [3.8, 4) is 5.75 Å². The molecule has 0 radical (unpaired) electrons. The summed E-state index contributed by atoms with van der Waals surface area (Å²) in [5, 5.41) is 4.26. The number of benzene rings is 1. The van der Waals surface area contributed by atoms with Gasteiger partial charge in [-0.25, -0.2) is 0 Å². The van der Waals surface area contributed by atoms with Gasteiger partial charge in [-0.2, -0.15) is 11.3 Å². The average Bonchev–Trinajstić information content (AvgIpc) is 2.74. The molecule has 2 heteroatoms. The van der Waals surface area contributed by atoms with Crippen LogP contribution in [0.15, 0.2) is 41.1 Å². The number of hydrogen-bond acceptors (Lipinski definition) is 2. The Morgan fingerprint density at radius 2 is 1.93 bits per heavy atom. The Bertz CT molecular complexity index is 389. The van der Waals surface area contributed by atoms with E-state index in [-0.39, 0.29) is 0 Å². The van der Waals surface area contributed by atoms with Crippen molar-refractivity contribution in [1.29, 1.82) is 0 Å². The molecule has 1 nitrogen and oxygen atoms in total. The van der Waals surface area contributed by atoms with E-state index in [1.165, 1.54) is 11.1 Å². The predicted octanol–water partition coefficient (Wildman–Crippen LogP) is 3.68. The van der Waals surface area contributed by atoms with Gasteiger partial charge in [0.1, 0.15) is 5.75 Å². The van der Waals surface area contributed by atoms with E-state index in [4.69, 9.17) is 4.74 Å². The van der Waals surface area contributed by atoms with Crippen LogP contribution in [0.3, 0.4) is 0 Å². The van der Waals surface area contributed by atoms with E-state index < -0.39 is 0 Å². The third-order valence-electron chi connectivity index (χ3n) is 2.26. The SMILES string of the molecule is Cc1ccc(OCCc2ccsc2)cc1. The monoisotopic (exact) mass is 218 g/mol. The molecule has 0 fully saturated rings. The largest absolute Gasteiger partial charge is 0.493 e. The van der Waals surface area contributed by atoms with Crippen LogP contribution in [0.25, 0.3) is 0 Å². The molecule has 15 heavy (non-hydrogen) atoms. The maximum Gasteiger partial charge on any atom is 0.119 e. The Balaban J connectivity index is 1.81. The summed E-state index contributed by atoms with van der Waals surface area (Å²) in [7, 11) is 0. The van der Waals surface area contributed by atoms with Crippen LogP contribution in [0, 0.1) is 6.92 Å². The molecule has 0 amide bonds. The predicted molar refractivity (Wildman–Crippen MR) is 64.7 cm³/mol. The minimum atomic E-state index is 0.750. The Labute approximate surface area is 94.3 Å². The number of thiophene rings is 1. The fraction of sp³-hybridized carbons (Fsp3) is 0.231. The molecule has 0 saturated heterocycles. The first-order valence-electron chi connectivity index (χ1n) is 5.05. The minimum Gasteiger partial charge on any atom is -0.493 e. The molecule has 0 aliphatic rings. The molecule has 0 bridgehead atoms. The molecular weight excluding hydrogens is 204 g/mol. The fourth-order valence-corrected chi connectivity index (χ4v) is 2.06.